The molecule has 1 aromatic heterocycles. The highest BCUT2D eigenvalue weighted by atomic mass is 16.2. The number of fused-ring (bicyclic) bond motifs is 4. The van der Waals surface area contributed by atoms with E-state index in [4.69, 9.17) is 0 Å². The third-order valence-corrected chi connectivity index (χ3v) is 4.92. The summed E-state index contributed by atoms with van der Waals surface area (Å²) in [6.45, 7) is 0. The molecule has 126 valence electrons. The third kappa shape index (κ3) is 2.10. The monoisotopic (exact) mass is 341 g/mol. The molecule has 3 N–H and O–H groups in total. The summed E-state index contributed by atoms with van der Waals surface area (Å²) in [6.07, 6.45) is 0. The smallest absolute Gasteiger partial charge is 0.327 e. The molecule has 2 heterocycles. The Balaban J connectivity index is 1.89. The Morgan fingerprint density at radius 2 is 1.54 bits per heavy atom. The standard InChI is InChI=1S/C21H15N3O2/c25-20-17-16(13-7-2-1-3-8-13)15-11-10-12-6-4-5-9-14(12)18(15)22-19(17)23-21(26)24-20/h1-11,16H,(H3,22,23,24,25,26). The Labute approximate surface area is 148 Å². The van der Waals surface area contributed by atoms with Crippen molar-refractivity contribution in [2.24, 2.45) is 0 Å². The number of hydrogen-bond acceptors (Lipinski definition) is 3. The van der Waals surface area contributed by atoms with Gasteiger partial charge in [0.25, 0.3) is 5.56 Å². The van der Waals surface area contributed by atoms with Gasteiger partial charge in [0.2, 0.25) is 0 Å². The summed E-state index contributed by atoms with van der Waals surface area (Å²) in [7, 11) is 0. The van der Waals surface area contributed by atoms with E-state index in [1.165, 1.54) is 0 Å². The van der Waals surface area contributed by atoms with Crippen molar-refractivity contribution in [2.45, 2.75) is 5.92 Å². The molecular formula is C21H15N3O2. The van der Waals surface area contributed by atoms with Crippen molar-refractivity contribution < 1.29 is 0 Å². The number of H-pyrrole nitrogens is 2. The van der Waals surface area contributed by atoms with Gasteiger partial charge in [-0.15, -0.1) is 0 Å². The van der Waals surface area contributed by atoms with E-state index >= 15 is 0 Å². The molecule has 1 unspecified atom stereocenters. The van der Waals surface area contributed by atoms with Crippen molar-refractivity contribution in [3.8, 4) is 0 Å². The zero-order valence-corrected chi connectivity index (χ0v) is 13.7. The van der Waals surface area contributed by atoms with Gasteiger partial charge in [0.05, 0.1) is 11.3 Å². The van der Waals surface area contributed by atoms with Crippen molar-refractivity contribution in [3.05, 3.63) is 104 Å². The van der Waals surface area contributed by atoms with Gasteiger partial charge in [0.1, 0.15) is 5.82 Å². The fourth-order valence-corrected chi connectivity index (χ4v) is 3.81. The van der Waals surface area contributed by atoms with E-state index in [1.807, 2.05) is 54.6 Å². The third-order valence-electron chi connectivity index (χ3n) is 4.92. The lowest BCUT2D eigenvalue weighted by Gasteiger charge is -2.29. The highest BCUT2D eigenvalue weighted by Crippen LogP contribution is 2.44. The zero-order valence-electron chi connectivity index (χ0n) is 13.7. The summed E-state index contributed by atoms with van der Waals surface area (Å²) in [5.41, 5.74) is 2.58. The van der Waals surface area contributed by atoms with Crippen LogP contribution in [-0.4, -0.2) is 9.97 Å². The molecule has 3 aromatic carbocycles. The number of nitrogens with one attached hydrogen (secondary N) is 3. The highest BCUT2D eigenvalue weighted by molar-refractivity contribution is 5.99. The maximum atomic E-state index is 12.6. The van der Waals surface area contributed by atoms with Crippen LogP contribution >= 0.6 is 0 Å². The maximum absolute atomic E-state index is 12.6. The van der Waals surface area contributed by atoms with E-state index in [2.05, 4.69) is 27.4 Å². The van der Waals surface area contributed by atoms with Crippen LogP contribution in [0.3, 0.4) is 0 Å². The first-order valence-electron chi connectivity index (χ1n) is 8.42. The number of benzene rings is 3. The fourth-order valence-electron chi connectivity index (χ4n) is 3.81. The van der Waals surface area contributed by atoms with Crippen LogP contribution < -0.4 is 16.6 Å². The van der Waals surface area contributed by atoms with Crippen LogP contribution in [-0.2, 0) is 0 Å². The Morgan fingerprint density at radius 3 is 2.38 bits per heavy atom. The molecule has 0 radical (unpaired) electrons. The second-order valence-electron chi connectivity index (χ2n) is 6.42. The molecule has 1 atom stereocenters. The molecule has 1 aliphatic heterocycles. The predicted molar refractivity (Wildman–Crippen MR) is 102 cm³/mol. The average molecular weight is 341 g/mol. The van der Waals surface area contributed by atoms with Gasteiger partial charge < -0.3 is 5.32 Å². The number of hydrogen-bond donors (Lipinski definition) is 3. The van der Waals surface area contributed by atoms with Gasteiger partial charge in [0.15, 0.2) is 0 Å². The van der Waals surface area contributed by atoms with Crippen molar-refractivity contribution in [2.75, 3.05) is 5.32 Å². The second-order valence-corrected chi connectivity index (χ2v) is 6.42. The first kappa shape index (κ1) is 14.7. The molecule has 0 amide bonds. The molecule has 5 rings (SSSR count). The number of rotatable bonds is 1. The van der Waals surface area contributed by atoms with Crippen LogP contribution in [0.25, 0.3) is 10.8 Å². The molecule has 0 saturated carbocycles. The van der Waals surface area contributed by atoms with Gasteiger partial charge in [-0.25, -0.2) is 4.79 Å². The Hall–Kier alpha value is -3.60. The molecule has 0 spiro atoms. The second kappa shape index (κ2) is 5.46. The molecule has 26 heavy (non-hydrogen) atoms. The lowest BCUT2D eigenvalue weighted by Crippen LogP contribution is -2.31. The van der Waals surface area contributed by atoms with Crippen LogP contribution in [0.5, 0.6) is 0 Å². The van der Waals surface area contributed by atoms with Crippen molar-refractivity contribution in [3.63, 3.8) is 0 Å². The van der Waals surface area contributed by atoms with Crippen molar-refractivity contribution in [1.29, 1.82) is 0 Å². The van der Waals surface area contributed by atoms with E-state index in [-0.39, 0.29) is 11.5 Å². The molecular weight excluding hydrogens is 326 g/mol. The molecule has 0 fully saturated rings. The largest absolute Gasteiger partial charge is 0.341 e. The molecule has 1 aliphatic rings. The van der Waals surface area contributed by atoms with E-state index in [0.717, 1.165) is 27.6 Å². The molecule has 0 aliphatic carbocycles. The van der Waals surface area contributed by atoms with Crippen LogP contribution in [0.1, 0.15) is 22.6 Å². The summed E-state index contributed by atoms with van der Waals surface area (Å²) < 4.78 is 0. The summed E-state index contributed by atoms with van der Waals surface area (Å²) in [5.74, 6) is 0.198. The number of aromatic nitrogens is 2. The SMILES string of the molecule is O=c1[nH]c2c(c(=O)[nH]1)C(c1ccccc1)c1ccc3ccccc3c1N2. The van der Waals surface area contributed by atoms with E-state index in [0.29, 0.717) is 11.4 Å². The lowest BCUT2D eigenvalue weighted by atomic mass is 9.81. The molecule has 0 saturated heterocycles. The van der Waals surface area contributed by atoms with E-state index in [1.54, 1.807) is 0 Å². The Morgan fingerprint density at radius 1 is 0.769 bits per heavy atom. The van der Waals surface area contributed by atoms with E-state index in [9.17, 15) is 9.59 Å². The van der Waals surface area contributed by atoms with Gasteiger partial charge in [-0.3, -0.25) is 14.8 Å². The van der Waals surface area contributed by atoms with E-state index < -0.39 is 5.69 Å². The first-order chi connectivity index (χ1) is 12.7. The fraction of sp³-hybridized carbons (Fsp3) is 0.0476. The molecule has 5 nitrogen and oxygen atoms in total. The predicted octanol–water partition coefficient (Wildman–Crippen LogP) is 3.45. The highest BCUT2D eigenvalue weighted by Gasteiger charge is 2.31. The average Bonchev–Trinajstić information content (AvgIpc) is 2.67. The van der Waals surface area contributed by atoms with Gasteiger partial charge in [-0.05, 0) is 16.5 Å². The number of aromatic amines is 2. The topological polar surface area (TPSA) is 77.8 Å². The lowest BCUT2D eigenvalue weighted by molar-refractivity contribution is 0.889. The van der Waals surface area contributed by atoms with Gasteiger partial charge in [-0.1, -0.05) is 66.7 Å². The van der Waals surface area contributed by atoms with Gasteiger partial charge >= 0.3 is 5.69 Å². The van der Waals surface area contributed by atoms with Crippen molar-refractivity contribution >= 4 is 22.3 Å². The first-order valence-corrected chi connectivity index (χ1v) is 8.42. The summed E-state index contributed by atoms with van der Waals surface area (Å²) in [5, 5.41) is 5.44. The van der Waals surface area contributed by atoms with Crippen molar-refractivity contribution in [1.82, 2.24) is 9.97 Å². The molecule has 4 aromatic rings. The minimum atomic E-state index is -0.517. The quantitative estimate of drug-likeness (QED) is 0.437. The van der Waals surface area contributed by atoms with Crippen LogP contribution in [0.4, 0.5) is 11.5 Å². The Kier molecular flexibility index (Phi) is 3.09. The number of anilines is 2. The molecule has 0 bridgehead atoms. The minimum absolute atomic E-state index is 0.257. The summed E-state index contributed by atoms with van der Waals surface area (Å²) in [6, 6.07) is 22.0. The summed E-state index contributed by atoms with van der Waals surface area (Å²) >= 11 is 0. The van der Waals surface area contributed by atoms with Gasteiger partial charge in [-0.2, -0.15) is 0 Å². The Bertz CT molecular complexity index is 1260. The maximum Gasteiger partial charge on any atom is 0.327 e. The van der Waals surface area contributed by atoms with Crippen LogP contribution in [0, 0.1) is 0 Å². The zero-order chi connectivity index (χ0) is 17.7. The van der Waals surface area contributed by atoms with Crippen LogP contribution in [0.15, 0.2) is 76.3 Å². The summed E-state index contributed by atoms with van der Waals surface area (Å²) in [4.78, 5) is 29.6. The minimum Gasteiger partial charge on any atom is -0.341 e. The van der Waals surface area contributed by atoms with Crippen LogP contribution in [0.2, 0.25) is 0 Å². The molecule has 5 heteroatoms. The normalized spacial score (nSPS) is 15.2. The van der Waals surface area contributed by atoms with Gasteiger partial charge in [0, 0.05) is 11.3 Å².